The number of rotatable bonds is 5. The Morgan fingerprint density at radius 3 is 2.52 bits per heavy atom. The largest absolute Gasteiger partial charge is 0.435 e. The molecule has 1 aromatic carbocycles. The summed E-state index contributed by atoms with van der Waals surface area (Å²) in [5, 5.41) is 0.528. The summed E-state index contributed by atoms with van der Waals surface area (Å²) in [4.78, 5) is 8.04. The molecule has 140 valence electrons. The average molecular weight is 445 g/mol. The van der Waals surface area contributed by atoms with Crippen molar-refractivity contribution in [1.29, 1.82) is 0 Å². The van der Waals surface area contributed by atoms with Gasteiger partial charge in [-0.3, -0.25) is 9.71 Å². The summed E-state index contributed by atoms with van der Waals surface area (Å²) in [7, 11) is -4.04. The number of nitrogens with one attached hydrogen (secondary N) is 1. The second-order valence-corrected chi connectivity index (χ2v) is 8.31. The number of hydrogen-bond donors (Lipinski definition) is 1. The van der Waals surface area contributed by atoms with E-state index in [1.54, 1.807) is 25.3 Å². The van der Waals surface area contributed by atoms with Crippen LogP contribution in [0.4, 0.5) is 5.69 Å². The highest BCUT2D eigenvalue weighted by Crippen LogP contribution is 2.33. The fourth-order valence-corrected chi connectivity index (χ4v) is 4.14. The van der Waals surface area contributed by atoms with Gasteiger partial charge in [0.25, 0.3) is 10.0 Å². The zero-order chi connectivity index (χ0) is 19.6. The molecule has 0 bridgehead atoms. The van der Waals surface area contributed by atoms with E-state index in [4.69, 9.17) is 39.5 Å². The van der Waals surface area contributed by atoms with E-state index >= 15 is 0 Å². The van der Waals surface area contributed by atoms with E-state index in [-0.39, 0.29) is 26.5 Å². The van der Waals surface area contributed by atoms with Crippen molar-refractivity contribution in [2.24, 2.45) is 0 Å². The van der Waals surface area contributed by atoms with Gasteiger partial charge in [-0.2, -0.15) is 0 Å². The van der Waals surface area contributed by atoms with Crippen LogP contribution in [0, 0.1) is 6.92 Å². The van der Waals surface area contributed by atoms with Gasteiger partial charge in [-0.05, 0) is 43.3 Å². The molecule has 2 aromatic heterocycles. The van der Waals surface area contributed by atoms with Crippen molar-refractivity contribution >= 4 is 50.5 Å². The Kier molecular flexibility index (Phi) is 5.76. The summed E-state index contributed by atoms with van der Waals surface area (Å²) in [5.41, 5.74) is 0.667. The van der Waals surface area contributed by atoms with Crippen molar-refractivity contribution in [2.45, 2.75) is 11.8 Å². The molecule has 3 aromatic rings. The molecule has 0 fully saturated rings. The SMILES string of the molecule is Cc1ncccc1Oc1ncc(Cl)cc1NS(=O)(=O)c1ccc(Cl)cc1Cl. The van der Waals surface area contributed by atoms with E-state index in [1.807, 2.05) is 0 Å². The van der Waals surface area contributed by atoms with Crippen molar-refractivity contribution in [2.75, 3.05) is 4.72 Å². The highest BCUT2D eigenvalue weighted by molar-refractivity contribution is 7.92. The fourth-order valence-electron chi connectivity index (χ4n) is 2.16. The third-order valence-corrected chi connectivity index (χ3v) is 5.70. The number of benzene rings is 1. The van der Waals surface area contributed by atoms with E-state index in [0.717, 1.165) is 0 Å². The third kappa shape index (κ3) is 4.62. The zero-order valence-corrected chi connectivity index (χ0v) is 16.9. The molecule has 0 aliphatic heterocycles. The summed E-state index contributed by atoms with van der Waals surface area (Å²) in [6.07, 6.45) is 2.96. The minimum atomic E-state index is -4.04. The van der Waals surface area contributed by atoms with Crippen LogP contribution in [0.3, 0.4) is 0 Å². The van der Waals surface area contributed by atoms with Crippen LogP contribution < -0.4 is 9.46 Å². The van der Waals surface area contributed by atoms with Crippen LogP contribution in [0.1, 0.15) is 5.69 Å². The lowest BCUT2D eigenvalue weighted by Gasteiger charge is -2.14. The van der Waals surface area contributed by atoms with Gasteiger partial charge in [0.2, 0.25) is 5.88 Å². The minimum Gasteiger partial charge on any atom is -0.435 e. The molecule has 0 radical (unpaired) electrons. The maximum absolute atomic E-state index is 12.7. The summed E-state index contributed by atoms with van der Waals surface area (Å²) in [5.74, 6) is 0.446. The first-order valence-corrected chi connectivity index (χ1v) is 10.1. The summed E-state index contributed by atoms with van der Waals surface area (Å²) in [6, 6.07) is 8.83. The van der Waals surface area contributed by atoms with Crippen molar-refractivity contribution in [1.82, 2.24) is 9.97 Å². The van der Waals surface area contributed by atoms with Crippen LogP contribution in [-0.4, -0.2) is 18.4 Å². The molecule has 27 heavy (non-hydrogen) atoms. The fraction of sp³-hybridized carbons (Fsp3) is 0.0588. The molecule has 0 saturated carbocycles. The van der Waals surface area contributed by atoms with Crippen LogP contribution in [-0.2, 0) is 10.0 Å². The van der Waals surface area contributed by atoms with E-state index in [1.165, 1.54) is 30.5 Å². The van der Waals surface area contributed by atoms with Crippen molar-refractivity contribution in [3.63, 3.8) is 0 Å². The highest BCUT2D eigenvalue weighted by Gasteiger charge is 2.21. The summed E-state index contributed by atoms with van der Waals surface area (Å²) in [6.45, 7) is 1.75. The Hall–Kier alpha value is -2.06. The monoisotopic (exact) mass is 443 g/mol. The molecule has 6 nitrogen and oxygen atoms in total. The number of nitrogens with zero attached hydrogens (tertiary/aromatic N) is 2. The maximum Gasteiger partial charge on any atom is 0.263 e. The number of aryl methyl sites for hydroxylation is 1. The van der Waals surface area contributed by atoms with Gasteiger partial charge in [0, 0.05) is 17.4 Å². The second kappa shape index (κ2) is 7.90. The second-order valence-electron chi connectivity index (χ2n) is 5.38. The van der Waals surface area contributed by atoms with Crippen LogP contribution in [0.2, 0.25) is 15.1 Å². The highest BCUT2D eigenvalue weighted by atomic mass is 35.5. The molecular weight excluding hydrogens is 433 g/mol. The van der Waals surface area contributed by atoms with Crippen molar-refractivity contribution in [3.05, 3.63) is 69.6 Å². The smallest absolute Gasteiger partial charge is 0.263 e. The third-order valence-electron chi connectivity index (χ3n) is 3.41. The lowest BCUT2D eigenvalue weighted by Crippen LogP contribution is -2.14. The lowest BCUT2D eigenvalue weighted by atomic mass is 10.3. The molecule has 10 heteroatoms. The molecular formula is C17H12Cl3N3O3S. The molecule has 0 aliphatic rings. The minimum absolute atomic E-state index is 0.0177. The van der Waals surface area contributed by atoms with Crippen LogP contribution in [0.15, 0.2) is 53.7 Å². The van der Waals surface area contributed by atoms with Gasteiger partial charge in [0.05, 0.1) is 15.7 Å². The van der Waals surface area contributed by atoms with Crippen molar-refractivity contribution in [3.8, 4) is 11.6 Å². The number of pyridine rings is 2. The molecule has 0 unspecified atom stereocenters. The van der Waals surface area contributed by atoms with Gasteiger partial charge < -0.3 is 4.74 Å². The number of aromatic nitrogens is 2. The van der Waals surface area contributed by atoms with Gasteiger partial charge in [-0.15, -0.1) is 0 Å². The topological polar surface area (TPSA) is 81.2 Å². The Balaban J connectivity index is 1.99. The van der Waals surface area contributed by atoms with Crippen LogP contribution in [0.25, 0.3) is 0 Å². The van der Waals surface area contributed by atoms with E-state index in [2.05, 4.69) is 14.7 Å². The van der Waals surface area contributed by atoms with Crippen molar-refractivity contribution < 1.29 is 13.2 Å². The molecule has 0 atom stereocenters. The Labute approximate surface area is 171 Å². The number of ether oxygens (including phenoxy) is 1. The zero-order valence-electron chi connectivity index (χ0n) is 13.8. The summed E-state index contributed by atoms with van der Waals surface area (Å²) >= 11 is 17.8. The maximum atomic E-state index is 12.7. The number of sulfonamides is 1. The quantitative estimate of drug-likeness (QED) is 0.574. The van der Waals surface area contributed by atoms with Gasteiger partial charge in [0.1, 0.15) is 10.6 Å². The van der Waals surface area contributed by atoms with Gasteiger partial charge in [-0.25, -0.2) is 13.4 Å². The molecule has 0 spiro atoms. The van der Waals surface area contributed by atoms with Gasteiger partial charge in [0.15, 0.2) is 5.75 Å². The number of hydrogen-bond acceptors (Lipinski definition) is 5. The van der Waals surface area contributed by atoms with Gasteiger partial charge >= 0.3 is 0 Å². The molecule has 2 heterocycles. The molecule has 0 aliphatic carbocycles. The Morgan fingerprint density at radius 1 is 1.04 bits per heavy atom. The Bertz CT molecular complexity index is 1110. The number of anilines is 1. The summed E-state index contributed by atoms with van der Waals surface area (Å²) < 4.78 is 33.6. The average Bonchev–Trinajstić information content (AvgIpc) is 2.58. The predicted molar refractivity (Wildman–Crippen MR) is 106 cm³/mol. The van der Waals surface area contributed by atoms with Gasteiger partial charge in [-0.1, -0.05) is 34.8 Å². The van der Waals surface area contributed by atoms with E-state index in [9.17, 15) is 8.42 Å². The van der Waals surface area contributed by atoms with Crippen LogP contribution in [0.5, 0.6) is 11.6 Å². The first kappa shape index (κ1) is 19.7. The lowest BCUT2D eigenvalue weighted by molar-refractivity contribution is 0.459. The van der Waals surface area contributed by atoms with E-state index < -0.39 is 10.0 Å². The molecule has 0 saturated heterocycles. The standard InChI is InChI=1S/C17H12Cl3N3O3S/c1-10-15(3-2-6-21-10)26-17-14(8-12(19)9-22-17)23-27(24,25)16-5-4-11(18)7-13(16)20/h2-9,23H,1H3. The molecule has 3 rings (SSSR count). The van der Waals surface area contributed by atoms with E-state index in [0.29, 0.717) is 16.5 Å². The molecule has 0 amide bonds. The first-order valence-electron chi connectivity index (χ1n) is 7.49. The van der Waals surface area contributed by atoms with Crippen LogP contribution >= 0.6 is 34.8 Å². The predicted octanol–water partition coefficient (Wildman–Crippen LogP) is 5.34. The molecule has 1 N–H and O–H groups in total. The number of halogens is 3. The Morgan fingerprint density at radius 2 is 1.81 bits per heavy atom. The normalized spacial score (nSPS) is 11.3. The first-order chi connectivity index (χ1) is 12.8.